The normalized spacial score (nSPS) is 12.7. The van der Waals surface area contributed by atoms with E-state index < -0.39 is 28.6 Å². The lowest BCUT2D eigenvalue weighted by atomic mass is 10.2. The van der Waals surface area contributed by atoms with E-state index in [4.69, 9.17) is 10.2 Å². The van der Waals surface area contributed by atoms with E-state index in [0.717, 1.165) is 0 Å². The summed E-state index contributed by atoms with van der Waals surface area (Å²) in [5, 5.41) is 20.1. The summed E-state index contributed by atoms with van der Waals surface area (Å²) in [5.41, 5.74) is 0.695. The van der Waals surface area contributed by atoms with Crippen molar-refractivity contribution in [3.63, 3.8) is 0 Å². The average molecular weight is 316 g/mol. The molecule has 0 heterocycles. The van der Waals surface area contributed by atoms with Gasteiger partial charge < -0.3 is 15.5 Å². The maximum atomic E-state index is 11.9. The highest BCUT2D eigenvalue weighted by molar-refractivity contribution is 7.89. The number of aliphatic hydroxyl groups excluding tert-OH is 1. The Bertz CT molecular complexity index is 611. The summed E-state index contributed by atoms with van der Waals surface area (Å²) in [6.07, 6.45) is 0. The number of hydrogen-bond donors (Lipinski definition) is 4. The molecule has 0 unspecified atom stereocenters. The van der Waals surface area contributed by atoms with Crippen LogP contribution in [0.15, 0.2) is 29.2 Å². The Morgan fingerprint density at radius 2 is 1.81 bits per heavy atom. The number of carbonyl (C=O) groups excluding carboxylic acids is 1. The summed E-state index contributed by atoms with van der Waals surface area (Å²) in [4.78, 5) is 21.3. The molecule has 0 radical (unpaired) electrons. The number of nitrogens with one attached hydrogen (secondary N) is 2. The van der Waals surface area contributed by atoms with Crippen molar-refractivity contribution in [1.29, 1.82) is 0 Å². The number of aliphatic carboxylic acids is 1. The molecule has 0 aliphatic carbocycles. The number of carbonyl (C=O) groups is 2. The lowest BCUT2D eigenvalue weighted by Gasteiger charge is -2.12. The van der Waals surface area contributed by atoms with E-state index in [9.17, 15) is 18.0 Å². The Hall–Kier alpha value is -1.97. The highest BCUT2D eigenvalue weighted by atomic mass is 32.2. The molecule has 0 fully saturated rings. The zero-order chi connectivity index (χ0) is 16.0. The lowest BCUT2D eigenvalue weighted by Crippen LogP contribution is -2.43. The van der Waals surface area contributed by atoms with E-state index in [1.54, 1.807) is 0 Å². The molecule has 8 nitrogen and oxygen atoms in total. The van der Waals surface area contributed by atoms with Gasteiger partial charge >= 0.3 is 5.97 Å². The topological polar surface area (TPSA) is 133 Å². The van der Waals surface area contributed by atoms with Gasteiger partial charge in [0.15, 0.2) is 0 Å². The third-order valence-corrected chi connectivity index (χ3v) is 4.04. The predicted molar refractivity (Wildman–Crippen MR) is 72.8 cm³/mol. The molecule has 1 aromatic carbocycles. The monoisotopic (exact) mass is 316 g/mol. The van der Waals surface area contributed by atoms with Crippen LogP contribution in [0.25, 0.3) is 0 Å². The van der Waals surface area contributed by atoms with Gasteiger partial charge in [-0.15, -0.1) is 0 Å². The highest BCUT2D eigenvalue weighted by Gasteiger charge is 2.24. The summed E-state index contributed by atoms with van der Waals surface area (Å²) in [6.45, 7) is 0.774. The molecule has 0 aliphatic rings. The van der Waals surface area contributed by atoms with Gasteiger partial charge in [0.1, 0.15) is 6.04 Å². The molecule has 1 atom stereocenters. The Morgan fingerprint density at radius 3 is 2.24 bits per heavy atom. The van der Waals surface area contributed by atoms with Gasteiger partial charge in [-0.05, 0) is 17.7 Å². The van der Waals surface area contributed by atoms with Gasteiger partial charge in [-0.3, -0.25) is 9.59 Å². The first kappa shape index (κ1) is 17.1. The Labute approximate surface area is 121 Å². The van der Waals surface area contributed by atoms with Crippen molar-refractivity contribution in [2.24, 2.45) is 0 Å². The molecule has 1 aromatic rings. The second kappa shape index (κ2) is 7.16. The second-order valence-electron chi connectivity index (χ2n) is 4.25. The minimum absolute atomic E-state index is 0.131. The van der Waals surface area contributed by atoms with Crippen molar-refractivity contribution >= 4 is 21.9 Å². The van der Waals surface area contributed by atoms with Crippen LogP contribution in [0.2, 0.25) is 0 Å². The van der Waals surface area contributed by atoms with Crippen LogP contribution in [0.4, 0.5) is 0 Å². The summed E-state index contributed by atoms with van der Waals surface area (Å²) in [7, 11) is -4.04. The molecular weight excluding hydrogens is 300 g/mol. The number of benzene rings is 1. The zero-order valence-electron chi connectivity index (χ0n) is 11.2. The van der Waals surface area contributed by atoms with Gasteiger partial charge in [0.25, 0.3) is 0 Å². The molecule has 0 aromatic heterocycles. The quantitative estimate of drug-likeness (QED) is 0.512. The fraction of sp³-hybridized carbons (Fsp3) is 0.333. The smallest absolute Gasteiger partial charge is 0.324 e. The summed E-state index contributed by atoms with van der Waals surface area (Å²) in [5.74, 6) is -1.68. The van der Waals surface area contributed by atoms with Gasteiger partial charge in [0.2, 0.25) is 15.9 Å². The molecule has 1 rings (SSSR count). The molecule has 0 aliphatic heterocycles. The van der Waals surface area contributed by atoms with Crippen LogP contribution in [0.1, 0.15) is 12.5 Å². The molecular formula is C12H16N2O6S. The standard InChI is InChI=1S/C12H16N2O6S/c1-8(16)13-6-9-2-4-10(5-3-9)21(19,20)14-11(7-15)12(17)18/h2-5,11,14-15H,6-7H2,1H3,(H,13,16)(H,17,18)/t11-/m0/s1. The number of carboxylic acid groups (broad SMARTS) is 1. The van der Waals surface area contributed by atoms with Crippen LogP contribution >= 0.6 is 0 Å². The van der Waals surface area contributed by atoms with Crippen LogP contribution in [0, 0.1) is 0 Å². The van der Waals surface area contributed by atoms with Crippen LogP contribution in [-0.4, -0.2) is 43.2 Å². The molecule has 21 heavy (non-hydrogen) atoms. The van der Waals surface area contributed by atoms with Crippen molar-refractivity contribution in [2.75, 3.05) is 6.61 Å². The number of rotatable bonds is 7. The predicted octanol–water partition coefficient (Wildman–Crippen LogP) is -0.953. The van der Waals surface area contributed by atoms with Crippen LogP contribution in [-0.2, 0) is 26.2 Å². The van der Waals surface area contributed by atoms with Crippen LogP contribution in [0.3, 0.4) is 0 Å². The lowest BCUT2D eigenvalue weighted by molar-refractivity contribution is -0.139. The van der Waals surface area contributed by atoms with Gasteiger partial charge in [-0.2, -0.15) is 4.72 Å². The molecule has 116 valence electrons. The molecule has 0 spiro atoms. The number of aliphatic hydroxyl groups is 1. The van der Waals surface area contributed by atoms with Crippen molar-refractivity contribution in [1.82, 2.24) is 10.0 Å². The minimum atomic E-state index is -4.04. The van der Waals surface area contributed by atoms with E-state index in [1.807, 2.05) is 4.72 Å². The minimum Gasteiger partial charge on any atom is -0.480 e. The van der Waals surface area contributed by atoms with Gasteiger partial charge in [0, 0.05) is 13.5 Å². The summed E-state index contributed by atoms with van der Waals surface area (Å²) >= 11 is 0. The molecule has 0 bridgehead atoms. The fourth-order valence-corrected chi connectivity index (χ4v) is 2.61. The number of sulfonamides is 1. The van der Waals surface area contributed by atoms with Crippen molar-refractivity contribution in [3.8, 4) is 0 Å². The first-order chi connectivity index (χ1) is 9.76. The van der Waals surface area contributed by atoms with E-state index >= 15 is 0 Å². The van der Waals surface area contributed by atoms with Crippen molar-refractivity contribution in [3.05, 3.63) is 29.8 Å². The summed E-state index contributed by atoms with van der Waals surface area (Å²) in [6, 6.07) is 3.97. The van der Waals surface area contributed by atoms with E-state index in [2.05, 4.69) is 5.32 Å². The van der Waals surface area contributed by atoms with Crippen LogP contribution in [0.5, 0.6) is 0 Å². The van der Waals surface area contributed by atoms with Gasteiger partial charge in [-0.25, -0.2) is 8.42 Å². The van der Waals surface area contributed by atoms with Gasteiger partial charge in [0.05, 0.1) is 11.5 Å². The van der Waals surface area contributed by atoms with Gasteiger partial charge in [-0.1, -0.05) is 12.1 Å². The SMILES string of the molecule is CC(=O)NCc1ccc(S(=O)(=O)N[C@@H](CO)C(=O)O)cc1. The van der Waals surface area contributed by atoms with Crippen molar-refractivity contribution < 1.29 is 28.2 Å². The largest absolute Gasteiger partial charge is 0.480 e. The number of hydrogen-bond acceptors (Lipinski definition) is 5. The maximum Gasteiger partial charge on any atom is 0.324 e. The Morgan fingerprint density at radius 1 is 1.24 bits per heavy atom. The average Bonchev–Trinajstić information content (AvgIpc) is 2.42. The Kier molecular flexibility index (Phi) is 5.82. The van der Waals surface area contributed by atoms with Crippen LogP contribution < -0.4 is 10.0 Å². The van der Waals surface area contributed by atoms with E-state index in [-0.39, 0.29) is 17.3 Å². The molecule has 9 heteroatoms. The second-order valence-corrected chi connectivity index (χ2v) is 5.96. The molecule has 0 saturated carbocycles. The zero-order valence-corrected chi connectivity index (χ0v) is 12.1. The fourth-order valence-electron chi connectivity index (χ4n) is 1.43. The maximum absolute atomic E-state index is 11.9. The first-order valence-corrected chi connectivity index (χ1v) is 7.44. The summed E-state index contributed by atoms with van der Waals surface area (Å²) < 4.78 is 25.7. The number of amides is 1. The third-order valence-electron chi connectivity index (χ3n) is 2.55. The first-order valence-electron chi connectivity index (χ1n) is 5.95. The molecule has 4 N–H and O–H groups in total. The van der Waals surface area contributed by atoms with E-state index in [0.29, 0.717) is 5.56 Å². The number of carboxylic acids is 1. The Balaban J connectivity index is 2.84. The third kappa shape index (κ3) is 5.14. The highest BCUT2D eigenvalue weighted by Crippen LogP contribution is 2.11. The van der Waals surface area contributed by atoms with Crippen molar-refractivity contribution in [2.45, 2.75) is 24.4 Å². The van der Waals surface area contributed by atoms with E-state index in [1.165, 1.54) is 31.2 Å². The molecule has 1 amide bonds. The molecule has 0 saturated heterocycles.